The Morgan fingerprint density at radius 2 is 1.90 bits per heavy atom. The fourth-order valence-electron chi connectivity index (χ4n) is 1.54. The van der Waals surface area contributed by atoms with E-state index in [1.165, 1.54) is 4.88 Å². The highest BCUT2D eigenvalue weighted by atomic mass is 79.9. The topological polar surface area (TPSA) is 78.4 Å². The highest BCUT2D eigenvalue weighted by Gasteiger charge is 2.44. The molecule has 0 atom stereocenters. The van der Waals surface area contributed by atoms with Crippen LogP contribution in [0.25, 0.3) is 0 Å². The SMILES string of the molecule is CC(C)(NC(=O)NCCc1ccc(Br)s1)C(C)(C)C(=O)O. The Labute approximate surface area is 137 Å². The van der Waals surface area contributed by atoms with Crippen LogP contribution in [0.4, 0.5) is 4.79 Å². The largest absolute Gasteiger partial charge is 0.481 e. The van der Waals surface area contributed by atoms with Crippen molar-refractivity contribution < 1.29 is 14.7 Å². The standard InChI is InChI=1S/C14H21BrN2O3S/c1-13(2,11(18)19)14(3,4)17-12(20)16-8-7-9-5-6-10(15)21-9/h5-6H,7-8H2,1-4H3,(H,18,19)(H2,16,17,20). The summed E-state index contributed by atoms with van der Waals surface area (Å²) in [5.74, 6) is -0.948. The lowest BCUT2D eigenvalue weighted by molar-refractivity contribution is -0.150. The third-order valence-electron chi connectivity index (χ3n) is 3.81. The molecule has 0 aliphatic heterocycles. The van der Waals surface area contributed by atoms with Crippen LogP contribution in [0.15, 0.2) is 15.9 Å². The molecule has 118 valence electrons. The average molecular weight is 377 g/mol. The minimum absolute atomic E-state index is 0.357. The van der Waals surface area contributed by atoms with E-state index in [1.807, 2.05) is 12.1 Å². The Morgan fingerprint density at radius 3 is 2.38 bits per heavy atom. The van der Waals surface area contributed by atoms with Gasteiger partial charge in [-0.25, -0.2) is 4.79 Å². The molecule has 1 aromatic heterocycles. The summed E-state index contributed by atoms with van der Waals surface area (Å²) < 4.78 is 1.06. The monoisotopic (exact) mass is 376 g/mol. The number of thiophene rings is 1. The van der Waals surface area contributed by atoms with Gasteiger partial charge in [-0.3, -0.25) is 4.79 Å². The summed E-state index contributed by atoms with van der Waals surface area (Å²) >= 11 is 5.02. The van der Waals surface area contributed by atoms with Crippen LogP contribution in [0.5, 0.6) is 0 Å². The van der Waals surface area contributed by atoms with E-state index in [-0.39, 0.29) is 6.03 Å². The molecular formula is C14H21BrN2O3S. The Kier molecular flexibility index (Phi) is 5.81. The van der Waals surface area contributed by atoms with Gasteiger partial charge in [-0.15, -0.1) is 11.3 Å². The summed E-state index contributed by atoms with van der Waals surface area (Å²) in [5, 5.41) is 14.7. The third kappa shape index (κ3) is 4.71. The van der Waals surface area contributed by atoms with Gasteiger partial charge in [-0.05, 0) is 62.2 Å². The molecule has 0 aliphatic carbocycles. The van der Waals surface area contributed by atoms with Crippen LogP contribution >= 0.6 is 27.3 Å². The molecule has 0 saturated heterocycles. The van der Waals surface area contributed by atoms with E-state index < -0.39 is 16.9 Å². The summed E-state index contributed by atoms with van der Waals surface area (Å²) in [4.78, 5) is 24.4. The summed E-state index contributed by atoms with van der Waals surface area (Å²) in [6, 6.07) is 3.62. The average Bonchev–Trinajstić information content (AvgIpc) is 2.73. The van der Waals surface area contributed by atoms with Crippen LogP contribution in [0.3, 0.4) is 0 Å². The highest BCUT2D eigenvalue weighted by molar-refractivity contribution is 9.11. The first-order valence-electron chi connectivity index (χ1n) is 6.60. The molecular weight excluding hydrogens is 356 g/mol. The Morgan fingerprint density at radius 1 is 1.29 bits per heavy atom. The summed E-state index contributed by atoms with van der Waals surface area (Å²) in [6.45, 7) is 7.11. The van der Waals surface area contributed by atoms with Gasteiger partial charge < -0.3 is 15.7 Å². The number of carboxylic acid groups (broad SMARTS) is 1. The maximum atomic E-state index is 11.9. The van der Waals surface area contributed by atoms with Crippen LogP contribution in [0.2, 0.25) is 0 Å². The molecule has 0 bridgehead atoms. The Balaban J connectivity index is 2.48. The number of amides is 2. The molecule has 0 fully saturated rings. The smallest absolute Gasteiger partial charge is 0.315 e. The zero-order chi connectivity index (χ0) is 16.3. The van der Waals surface area contributed by atoms with Gasteiger partial charge in [0.15, 0.2) is 0 Å². The molecule has 0 spiro atoms. The van der Waals surface area contributed by atoms with Gasteiger partial charge in [0.2, 0.25) is 0 Å². The maximum Gasteiger partial charge on any atom is 0.315 e. The van der Waals surface area contributed by atoms with Crippen molar-refractivity contribution in [3.05, 3.63) is 20.8 Å². The fraction of sp³-hybridized carbons (Fsp3) is 0.571. The molecule has 3 N–H and O–H groups in total. The number of aliphatic carboxylic acids is 1. The molecule has 21 heavy (non-hydrogen) atoms. The van der Waals surface area contributed by atoms with Crippen molar-refractivity contribution in [2.24, 2.45) is 5.41 Å². The summed E-state index contributed by atoms with van der Waals surface area (Å²) in [6.07, 6.45) is 0.742. The van der Waals surface area contributed by atoms with Gasteiger partial charge in [0.05, 0.1) is 14.7 Å². The Bertz CT molecular complexity index is 526. The lowest BCUT2D eigenvalue weighted by Crippen LogP contribution is -2.59. The minimum atomic E-state index is -1.07. The number of rotatable bonds is 6. The van der Waals surface area contributed by atoms with Gasteiger partial charge in [-0.2, -0.15) is 0 Å². The van der Waals surface area contributed by atoms with Crippen molar-refractivity contribution in [1.82, 2.24) is 10.6 Å². The van der Waals surface area contributed by atoms with Gasteiger partial charge in [0.25, 0.3) is 0 Å². The first-order chi connectivity index (χ1) is 9.56. The van der Waals surface area contributed by atoms with E-state index in [9.17, 15) is 14.7 Å². The number of hydrogen-bond acceptors (Lipinski definition) is 3. The summed E-state index contributed by atoms with van der Waals surface area (Å²) in [7, 11) is 0. The van der Waals surface area contributed by atoms with Crippen molar-refractivity contribution in [2.45, 2.75) is 39.7 Å². The first-order valence-corrected chi connectivity index (χ1v) is 8.21. The molecule has 0 radical (unpaired) electrons. The van der Waals surface area contributed by atoms with Crippen molar-refractivity contribution >= 4 is 39.3 Å². The van der Waals surface area contributed by atoms with Crippen molar-refractivity contribution in [3.8, 4) is 0 Å². The molecule has 0 aromatic carbocycles. The van der Waals surface area contributed by atoms with E-state index in [4.69, 9.17) is 0 Å². The van der Waals surface area contributed by atoms with Gasteiger partial charge in [-0.1, -0.05) is 0 Å². The van der Waals surface area contributed by atoms with Crippen LogP contribution in [-0.2, 0) is 11.2 Å². The van der Waals surface area contributed by atoms with E-state index in [2.05, 4.69) is 26.6 Å². The molecule has 2 amide bonds. The van der Waals surface area contributed by atoms with E-state index >= 15 is 0 Å². The fourth-order valence-corrected chi connectivity index (χ4v) is 3.02. The second kappa shape index (κ2) is 6.79. The number of hydrogen-bond donors (Lipinski definition) is 3. The van der Waals surface area contributed by atoms with Crippen molar-refractivity contribution in [2.75, 3.05) is 6.54 Å². The number of carbonyl (C=O) groups is 2. The van der Waals surface area contributed by atoms with Crippen molar-refractivity contribution in [3.63, 3.8) is 0 Å². The molecule has 0 aliphatic rings. The number of carboxylic acids is 1. The van der Waals surface area contributed by atoms with Gasteiger partial charge in [0, 0.05) is 11.4 Å². The molecule has 0 saturated carbocycles. The van der Waals surface area contributed by atoms with Crippen molar-refractivity contribution in [1.29, 1.82) is 0 Å². The zero-order valence-corrected chi connectivity index (χ0v) is 15.0. The normalized spacial score (nSPS) is 12.0. The minimum Gasteiger partial charge on any atom is -0.481 e. The zero-order valence-electron chi connectivity index (χ0n) is 12.6. The van der Waals surface area contributed by atoms with Crippen LogP contribution < -0.4 is 10.6 Å². The lowest BCUT2D eigenvalue weighted by Gasteiger charge is -2.38. The van der Waals surface area contributed by atoms with E-state index in [0.717, 1.165) is 10.2 Å². The predicted molar refractivity (Wildman–Crippen MR) is 87.8 cm³/mol. The Hall–Kier alpha value is -1.08. The van der Waals surface area contributed by atoms with Crippen LogP contribution in [0, 0.1) is 5.41 Å². The molecule has 1 aromatic rings. The second-order valence-electron chi connectivity index (χ2n) is 5.89. The molecule has 1 heterocycles. The third-order valence-corrected chi connectivity index (χ3v) is 5.49. The number of halogens is 1. The summed E-state index contributed by atoms with van der Waals surface area (Å²) in [5.41, 5.74) is -1.93. The van der Waals surface area contributed by atoms with Crippen LogP contribution in [0.1, 0.15) is 32.6 Å². The van der Waals surface area contributed by atoms with Gasteiger partial charge >= 0.3 is 12.0 Å². The van der Waals surface area contributed by atoms with Crippen LogP contribution in [-0.4, -0.2) is 29.2 Å². The van der Waals surface area contributed by atoms with E-state index in [0.29, 0.717) is 6.54 Å². The molecule has 5 nitrogen and oxygen atoms in total. The highest BCUT2D eigenvalue weighted by Crippen LogP contribution is 2.30. The predicted octanol–water partition coefficient (Wildman–Crippen LogP) is 3.24. The maximum absolute atomic E-state index is 11.9. The quantitative estimate of drug-likeness (QED) is 0.712. The number of urea groups is 1. The van der Waals surface area contributed by atoms with Gasteiger partial charge in [0.1, 0.15) is 0 Å². The number of carbonyl (C=O) groups excluding carboxylic acids is 1. The second-order valence-corrected chi connectivity index (χ2v) is 8.44. The molecule has 1 rings (SSSR count). The number of nitrogens with one attached hydrogen (secondary N) is 2. The molecule has 7 heteroatoms. The van der Waals surface area contributed by atoms with E-state index in [1.54, 1.807) is 39.0 Å². The molecule has 0 unspecified atom stereocenters. The first kappa shape index (κ1) is 18.0. The lowest BCUT2D eigenvalue weighted by atomic mass is 9.74.